The molecule has 0 fully saturated rings. The minimum Gasteiger partial charge on any atom is -0.489 e. The normalized spacial score (nSPS) is 10.7. The molecule has 0 N–H and O–H groups in total. The number of hydrogen-bond acceptors (Lipinski definition) is 5. The Morgan fingerprint density at radius 3 is 2.52 bits per heavy atom. The van der Waals surface area contributed by atoms with Crippen LogP contribution in [-0.2, 0) is 17.8 Å². The minimum absolute atomic E-state index is 0.104. The molecule has 140 valence electrons. The molecule has 0 amide bonds. The molecule has 3 aromatic rings. The maximum atomic E-state index is 12.1. The summed E-state index contributed by atoms with van der Waals surface area (Å²) < 4.78 is 16.1. The second-order valence-corrected chi connectivity index (χ2v) is 6.72. The van der Waals surface area contributed by atoms with Crippen molar-refractivity contribution in [3.63, 3.8) is 0 Å². The summed E-state index contributed by atoms with van der Waals surface area (Å²) in [6.45, 7) is 4.09. The molecule has 0 unspecified atom stereocenters. The van der Waals surface area contributed by atoms with Gasteiger partial charge in [0.1, 0.15) is 23.1 Å². The van der Waals surface area contributed by atoms with Gasteiger partial charge in [-0.15, -0.1) is 0 Å². The number of nitrogens with zero attached hydrogens (tertiary/aromatic N) is 1. The van der Waals surface area contributed by atoms with Crippen LogP contribution in [0.2, 0.25) is 10.0 Å². The Kier molecular flexibility index (Phi) is 6.04. The highest BCUT2D eigenvalue weighted by Crippen LogP contribution is 2.31. The van der Waals surface area contributed by atoms with E-state index < -0.39 is 5.97 Å². The summed E-state index contributed by atoms with van der Waals surface area (Å²) in [5, 5.41) is 4.45. The van der Waals surface area contributed by atoms with Crippen LogP contribution < -0.4 is 9.47 Å². The third-order valence-electron chi connectivity index (χ3n) is 3.98. The Morgan fingerprint density at radius 1 is 1.11 bits per heavy atom. The van der Waals surface area contributed by atoms with Crippen LogP contribution in [0.3, 0.4) is 0 Å². The van der Waals surface area contributed by atoms with Gasteiger partial charge in [0.2, 0.25) is 0 Å². The molecule has 2 aromatic carbocycles. The lowest BCUT2D eigenvalue weighted by molar-refractivity contribution is -0.133. The Morgan fingerprint density at radius 2 is 1.85 bits per heavy atom. The number of rotatable bonds is 6. The Labute approximate surface area is 166 Å². The fourth-order valence-corrected chi connectivity index (χ4v) is 2.79. The zero-order valence-electron chi connectivity index (χ0n) is 14.8. The molecule has 0 radical (unpaired) electrons. The van der Waals surface area contributed by atoms with Gasteiger partial charge >= 0.3 is 5.97 Å². The summed E-state index contributed by atoms with van der Waals surface area (Å²) in [4.78, 5) is 12.1. The molecular formula is C20H17Cl2NO4. The molecule has 5 nitrogen and oxygen atoms in total. The van der Waals surface area contributed by atoms with Gasteiger partial charge in [0.05, 0.1) is 22.7 Å². The third-order valence-corrected chi connectivity index (χ3v) is 4.78. The summed E-state index contributed by atoms with van der Waals surface area (Å²) in [5.41, 5.74) is 2.54. The first-order valence-corrected chi connectivity index (χ1v) is 8.98. The molecule has 0 saturated heterocycles. The first-order chi connectivity index (χ1) is 12.9. The largest absolute Gasteiger partial charge is 0.489 e. The molecule has 0 aliphatic carbocycles. The molecule has 1 aromatic heterocycles. The smallest absolute Gasteiger partial charge is 0.315 e. The average Bonchev–Trinajstić information content (AvgIpc) is 2.96. The lowest BCUT2D eigenvalue weighted by Gasteiger charge is -2.08. The van der Waals surface area contributed by atoms with Crippen LogP contribution in [0.25, 0.3) is 0 Å². The lowest BCUT2D eigenvalue weighted by Crippen LogP contribution is -2.11. The monoisotopic (exact) mass is 405 g/mol. The van der Waals surface area contributed by atoms with Crippen molar-refractivity contribution in [1.29, 1.82) is 0 Å². The first-order valence-electron chi connectivity index (χ1n) is 8.22. The van der Waals surface area contributed by atoms with E-state index in [0.717, 1.165) is 22.6 Å². The van der Waals surface area contributed by atoms with Crippen molar-refractivity contribution >= 4 is 29.2 Å². The van der Waals surface area contributed by atoms with Gasteiger partial charge in [0.25, 0.3) is 0 Å². The highest BCUT2D eigenvalue weighted by molar-refractivity contribution is 6.43. The SMILES string of the molecule is Cc1noc(C)c1COc1ccc(CC(=O)Oc2cccc(Cl)c2Cl)cc1. The molecule has 0 aliphatic rings. The van der Waals surface area contributed by atoms with E-state index in [9.17, 15) is 4.79 Å². The van der Waals surface area contributed by atoms with Crippen molar-refractivity contribution in [2.75, 3.05) is 0 Å². The lowest BCUT2D eigenvalue weighted by atomic mass is 10.1. The number of halogens is 2. The van der Waals surface area contributed by atoms with E-state index >= 15 is 0 Å². The molecule has 0 aliphatic heterocycles. The topological polar surface area (TPSA) is 61.6 Å². The second-order valence-electron chi connectivity index (χ2n) is 5.94. The molecule has 27 heavy (non-hydrogen) atoms. The number of carbonyl (C=O) groups is 1. The van der Waals surface area contributed by atoms with Gasteiger partial charge in [0.15, 0.2) is 5.75 Å². The van der Waals surface area contributed by atoms with Crippen LogP contribution >= 0.6 is 23.2 Å². The van der Waals surface area contributed by atoms with Crippen molar-refractivity contribution < 1.29 is 18.8 Å². The van der Waals surface area contributed by atoms with Gasteiger partial charge in [-0.1, -0.05) is 46.6 Å². The second kappa shape index (κ2) is 8.46. The molecule has 7 heteroatoms. The van der Waals surface area contributed by atoms with Crippen LogP contribution in [-0.4, -0.2) is 11.1 Å². The minimum atomic E-state index is -0.427. The summed E-state index contributed by atoms with van der Waals surface area (Å²) in [6, 6.07) is 12.1. The molecule has 0 atom stereocenters. The van der Waals surface area contributed by atoms with E-state index in [1.807, 2.05) is 26.0 Å². The maximum Gasteiger partial charge on any atom is 0.315 e. The van der Waals surface area contributed by atoms with E-state index in [0.29, 0.717) is 17.4 Å². The van der Waals surface area contributed by atoms with Crippen LogP contribution in [0.4, 0.5) is 0 Å². The summed E-state index contributed by atoms with van der Waals surface area (Å²) in [7, 11) is 0. The number of benzene rings is 2. The number of carbonyl (C=O) groups excluding carboxylic acids is 1. The van der Waals surface area contributed by atoms with E-state index in [1.54, 1.807) is 30.3 Å². The zero-order valence-corrected chi connectivity index (χ0v) is 16.3. The summed E-state index contributed by atoms with van der Waals surface area (Å²) in [5.74, 6) is 1.24. The van der Waals surface area contributed by atoms with Gasteiger partial charge in [0, 0.05) is 0 Å². The van der Waals surface area contributed by atoms with Crippen molar-refractivity contribution in [2.24, 2.45) is 0 Å². The predicted molar refractivity (Wildman–Crippen MR) is 103 cm³/mol. The zero-order chi connectivity index (χ0) is 19.4. The first kappa shape index (κ1) is 19.3. The number of aryl methyl sites for hydroxylation is 2. The Hall–Kier alpha value is -2.50. The predicted octanol–water partition coefficient (Wildman–Crippen LogP) is 5.33. The van der Waals surface area contributed by atoms with Crippen LogP contribution in [0.5, 0.6) is 11.5 Å². The van der Waals surface area contributed by atoms with Crippen molar-refractivity contribution in [2.45, 2.75) is 26.9 Å². The number of hydrogen-bond donors (Lipinski definition) is 0. The summed E-state index contributed by atoms with van der Waals surface area (Å²) in [6.07, 6.45) is 0.104. The highest BCUT2D eigenvalue weighted by Gasteiger charge is 2.12. The standard InChI is InChI=1S/C20H17Cl2NO4/c1-12-16(13(2)27-23-12)11-25-15-8-6-14(7-9-15)10-19(24)26-18-5-3-4-17(21)20(18)22/h3-9H,10-11H2,1-2H3. The summed E-state index contributed by atoms with van der Waals surface area (Å²) >= 11 is 11.9. The highest BCUT2D eigenvalue weighted by atomic mass is 35.5. The van der Waals surface area contributed by atoms with E-state index in [2.05, 4.69) is 5.16 Å². The average molecular weight is 406 g/mol. The van der Waals surface area contributed by atoms with Crippen molar-refractivity contribution in [3.05, 3.63) is 75.1 Å². The van der Waals surface area contributed by atoms with Gasteiger partial charge in [-0.3, -0.25) is 4.79 Å². The van der Waals surface area contributed by atoms with E-state index in [-0.39, 0.29) is 17.2 Å². The fraction of sp³-hybridized carbons (Fsp3) is 0.200. The van der Waals surface area contributed by atoms with E-state index in [1.165, 1.54) is 0 Å². The molecule has 1 heterocycles. The third kappa shape index (κ3) is 4.81. The van der Waals surface area contributed by atoms with Crippen molar-refractivity contribution in [1.82, 2.24) is 5.16 Å². The van der Waals surface area contributed by atoms with Crippen LogP contribution in [0.15, 0.2) is 47.0 Å². The van der Waals surface area contributed by atoms with Gasteiger partial charge in [-0.05, 0) is 43.7 Å². The van der Waals surface area contributed by atoms with Crippen LogP contribution in [0.1, 0.15) is 22.6 Å². The Balaban J connectivity index is 1.57. The molecule has 0 spiro atoms. The molecule has 0 bridgehead atoms. The number of ether oxygens (including phenoxy) is 2. The quantitative estimate of drug-likeness (QED) is 0.409. The van der Waals surface area contributed by atoms with Gasteiger partial charge in [-0.25, -0.2) is 0 Å². The van der Waals surface area contributed by atoms with Gasteiger partial charge in [-0.2, -0.15) is 0 Å². The number of esters is 1. The Bertz CT molecular complexity index is 932. The van der Waals surface area contributed by atoms with Crippen molar-refractivity contribution in [3.8, 4) is 11.5 Å². The van der Waals surface area contributed by atoms with Crippen LogP contribution in [0, 0.1) is 13.8 Å². The van der Waals surface area contributed by atoms with Gasteiger partial charge < -0.3 is 14.0 Å². The molecular weight excluding hydrogens is 389 g/mol. The molecule has 3 rings (SSSR count). The fourth-order valence-electron chi connectivity index (χ4n) is 2.46. The maximum absolute atomic E-state index is 12.1. The number of aromatic nitrogens is 1. The molecule has 0 saturated carbocycles. The van der Waals surface area contributed by atoms with E-state index in [4.69, 9.17) is 37.2 Å².